The third kappa shape index (κ3) is 3.97. The van der Waals surface area contributed by atoms with E-state index < -0.39 is 17.9 Å². The Morgan fingerprint density at radius 2 is 1.61 bits per heavy atom. The number of rotatable bonds is 5. The van der Waals surface area contributed by atoms with Crippen LogP contribution in [0.25, 0.3) is 0 Å². The van der Waals surface area contributed by atoms with Crippen molar-refractivity contribution in [3.63, 3.8) is 0 Å². The van der Waals surface area contributed by atoms with Gasteiger partial charge in [-0.05, 0) is 32.6 Å². The molecular formula is C13H21BrO4. The average Bonchev–Trinajstić information content (AvgIpc) is 2.33. The van der Waals surface area contributed by atoms with E-state index in [-0.39, 0.29) is 24.0 Å². The second kappa shape index (κ2) is 7.77. The van der Waals surface area contributed by atoms with Gasteiger partial charge in [0.25, 0.3) is 0 Å². The molecule has 2 unspecified atom stereocenters. The van der Waals surface area contributed by atoms with Gasteiger partial charge in [0, 0.05) is 4.83 Å². The first-order valence-corrected chi connectivity index (χ1v) is 7.50. The van der Waals surface area contributed by atoms with E-state index >= 15 is 0 Å². The van der Waals surface area contributed by atoms with Gasteiger partial charge in [-0.3, -0.25) is 9.59 Å². The van der Waals surface area contributed by atoms with E-state index in [1.54, 1.807) is 13.8 Å². The molecule has 0 heterocycles. The molecule has 0 saturated heterocycles. The molecule has 0 radical (unpaired) electrons. The lowest BCUT2D eigenvalue weighted by atomic mass is 9.80. The van der Waals surface area contributed by atoms with Crippen molar-refractivity contribution in [2.45, 2.75) is 44.4 Å². The number of halogens is 1. The third-order valence-electron chi connectivity index (χ3n) is 3.24. The number of hydrogen-bond donors (Lipinski definition) is 0. The van der Waals surface area contributed by atoms with Gasteiger partial charge in [-0.15, -0.1) is 0 Å². The van der Waals surface area contributed by atoms with Gasteiger partial charge in [-0.2, -0.15) is 0 Å². The summed E-state index contributed by atoms with van der Waals surface area (Å²) in [6.07, 6.45) is 4.02. The average molecular weight is 321 g/mol. The van der Waals surface area contributed by atoms with Crippen molar-refractivity contribution in [3.05, 3.63) is 0 Å². The van der Waals surface area contributed by atoms with Gasteiger partial charge in [0.2, 0.25) is 0 Å². The minimum atomic E-state index is -0.783. The van der Waals surface area contributed by atoms with E-state index in [0.717, 1.165) is 25.7 Å². The predicted octanol–water partition coefficient (Wildman–Crippen LogP) is 2.68. The number of hydrogen-bond acceptors (Lipinski definition) is 4. The minimum Gasteiger partial charge on any atom is -0.465 e. The van der Waals surface area contributed by atoms with Crippen LogP contribution in [0.2, 0.25) is 0 Å². The van der Waals surface area contributed by atoms with Crippen LogP contribution in [0.3, 0.4) is 0 Å². The Kier molecular flexibility index (Phi) is 6.68. The molecule has 18 heavy (non-hydrogen) atoms. The molecule has 4 nitrogen and oxygen atoms in total. The second-order valence-corrected chi connectivity index (χ2v) is 5.62. The molecule has 1 fully saturated rings. The van der Waals surface area contributed by atoms with Crippen LogP contribution in [-0.4, -0.2) is 30.0 Å². The molecule has 2 atom stereocenters. The van der Waals surface area contributed by atoms with Crippen molar-refractivity contribution in [2.75, 3.05) is 13.2 Å². The molecule has 5 heteroatoms. The molecule has 1 aliphatic rings. The van der Waals surface area contributed by atoms with E-state index in [9.17, 15) is 9.59 Å². The van der Waals surface area contributed by atoms with Gasteiger partial charge in [0.15, 0.2) is 5.92 Å². The minimum absolute atomic E-state index is 0.0168. The van der Waals surface area contributed by atoms with Crippen LogP contribution in [-0.2, 0) is 19.1 Å². The highest BCUT2D eigenvalue weighted by Gasteiger charge is 2.41. The molecule has 0 aromatic carbocycles. The van der Waals surface area contributed by atoms with Gasteiger partial charge in [-0.1, -0.05) is 28.8 Å². The maximum absolute atomic E-state index is 12.0. The lowest BCUT2D eigenvalue weighted by Crippen LogP contribution is -2.39. The quantitative estimate of drug-likeness (QED) is 0.444. The summed E-state index contributed by atoms with van der Waals surface area (Å²) in [5.74, 6) is -1.70. The van der Waals surface area contributed by atoms with Crippen molar-refractivity contribution < 1.29 is 19.1 Å². The molecule has 0 amide bonds. The monoisotopic (exact) mass is 320 g/mol. The summed E-state index contributed by atoms with van der Waals surface area (Å²) in [6, 6.07) is 0. The second-order valence-electron chi connectivity index (χ2n) is 4.45. The highest BCUT2D eigenvalue weighted by Crippen LogP contribution is 2.36. The predicted molar refractivity (Wildman–Crippen MR) is 71.4 cm³/mol. The van der Waals surface area contributed by atoms with Gasteiger partial charge in [-0.25, -0.2) is 0 Å². The Labute approximate surface area is 117 Å². The summed E-state index contributed by atoms with van der Waals surface area (Å²) in [6.45, 7) is 4.06. The normalized spacial score (nSPS) is 23.8. The number of carbonyl (C=O) groups excluding carboxylic acids is 2. The van der Waals surface area contributed by atoms with Gasteiger partial charge in [0.05, 0.1) is 13.2 Å². The summed E-state index contributed by atoms with van der Waals surface area (Å²) in [4.78, 5) is 24.1. The topological polar surface area (TPSA) is 52.6 Å². The summed E-state index contributed by atoms with van der Waals surface area (Å²) >= 11 is 3.58. The Bertz CT molecular complexity index is 275. The van der Waals surface area contributed by atoms with Crippen LogP contribution in [0.1, 0.15) is 39.5 Å². The summed E-state index contributed by atoms with van der Waals surface area (Å²) in [7, 11) is 0. The number of carbonyl (C=O) groups is 2. The summed E-state index contributed by atoms with van der Waals surface area (Å²) in [5.41, 5.74) is 0. The standard InChI is InChI=1S/C13H21BrO4/c1-3-17-12(15)11(13(16)18-4-2)9-7-5-6-8-10(9)14/h9-11H,3-8H2,1-2H3. The third-order valence-corrected chi connectivity index (χ3v) is 4.38. The zero-order valence-corrected chi connectivity index (χ0v) is 12.6. The Balaban J connectivity index is 2.80. The van der Waals surface area contributed by atoms with Crippen LogP contribution < -0.4 is 0 Å². The van der Waals surface area contributed by atoms with Crippen LogP contribution in [0.4, 0.5) is 0 Å². The molecule has 0 aliphatic heterocycles. The van der Waals surface area contributed by atoms with Gasteiger partial charge < -0.3 is 9.47 Å². The zero-order valence-electron chi connectivity index (χ0n) is 11.0. The molecule has 0 bridgehead atoms. The largest absolute Gasteiger partial charge is 0.465 e. The molecule has 1 aliphatic carbocycles. The molecular weight excluding hydrogens is 300 g/mol. The first-order chi connectivity index (χ1) is 8.61. The maximum Gasteiger partial charge on any atom is 0.320 e. The van der Waals surface area contributed by atoms with Crippen molar-refractivity contribution in [3.8, 4) is 0 Å². The highest BCUT2D eigenvalue weighted by molar-refractivity contribution is 9.09. The zero-order chi connectivity index (χ0) is 13.5. The van der Waals surface area contributed by atoms with Crippen LogP contribution in [0, 0.1) is 11.8 Å². The fraction of sp³-hybridized carbons (Fsp3) is 0.846. The smallest absolute Gasteiger partial charge is 0.320 e. The summed E-state index contributed by atoms with van der Waals surface area (Å²) < 4.78 is 10.0. The van der Waals surface area contributed by atoms with Crippen molar-refractivity contribution in [1.29, 1.82) is 0 Å². The van der Waals surface area contributed by atoms with Crippen molar-refractivity contribution in [1.82, 2.24) is 0 Å². The molecule has 0 aromatic rings. The Morgan fingerprint density at radius 1 is 1.11 bits per heavy atom. The number of ether oxygens (including phenoxy) is 2. The fourth-order valence-corrected chi connectivity index (χ4v) is 3.29. The van der Waals surface area contributed by atoms with Crippen LogP contribution in [0.5, 0.6) is 0 Å². The lowest BCUT2D eigenvalue weighted by Gasteiger charge is -2.31. The fourth-order valence-electron chi connectivity index (χ4n) is 2.40. The molecule has 0 N–H and O–H groups in total. The molecule has 104 valence electrons. The molecule has 1 saturated carbocycles. The van der Waals surface area contributed by atoms with Gasteiger partial charge in [0.1, 0.15) is 0 Å². The first kappa shape index (κ1) is 15.5. The van der Waals surface area contributed by atoms with E-state index in [2.05, 4.69) is 15.9 Å². The Morgan fingerprint density at radius 3 is 2.06 bits per heavy atom. The van der Waals surface area contributed by atoms with Gasteiger partial charge >= 0.3 is 11.9 Å². The van der Waals surface area contributed by atoms with E-state index in [4.69, 9.17) is 9.47 Å². The molecule has 0 spiro atoms. The van der Waals surface area contributed by atoms with E-state index in [0.29, 0.717) is 0 Å². The first-order valence-electron chi connectivity index (χ1n) is 6.59. The number of alkyl halides is 1. The highest BCUT2D eigenvalue weighted by atomic mass is 79.9. The molecule has 1 rings (SSSR count). The number of esters is 2. The van der Waals surface area contributed by atoms with E-state index in [1.807, 2.05) is 0 Å². The molecule has 0 aromatic heterocycles. The van der Waals surface area contributed by atoms with E-state index in [1.165, 1.54) is 0 Å². The van der Waals surface area contributed by atoms with Crippen molar-refractivity contribution >= 4 is 27.9 Å². The summed E-state index contributed by atoms with van der Waals surface area (Å²) in [5, 5.41) is 0. The SMILES string of the molecule is CCOC(=O)C(C(=O)OCC)C1CCCCC1Br. The maximum atomic E-state index is 12.0. The van der Waals surface area contributed by atoms with Crippen LogP contribution in [0.15, 0.2) is 0 Å². The van der Waals surface area contributed by atoms with Crippen molar-refractivity contribution in [2.24, 2.45) is 11.8 Å². The lowest BCUT2D eigenvalue weighted by molar-refractivity contribution is -0.164. The Hall–Kier alpha value is -0.580. The van der Waals surface area contributed by atoms with Crippen LogP contribution >= 0.6 is 15.9 Å².